The Balaban J connectivity index is -0.00000000167. The van der Waals surface area contributed by atoms with Crippen LogP contribution in [0.25, 0.3) is 0 Å². The maximum atomic E-state index is 7.50. The van der Waals surface area contributed by atoms with Crippen LogP contribution in [0.3, 0.4) is 0 Å². The van der Waals surface area contributed by atoms with Gasteiger partial charge in [0.15, 0.2) is 0 Å². The average molecular weight is 289 g/mol. The summed E-state index contributed by atoms with van der Waals surface area (Å²) in [5, 5.41) is 0. The van der Waals surface area contributed by atoms with E-state index in [0.29, 0.717) is 0 Å². The summed E-state index contributed by atoms with van der Waals surface area (Å²) in [6.07, 6.45) is 0. The van der Waals surface area contributed by atoms with Crippen LogP contribution in [0, 0.1) is 0 Å². The summed E-state index contributed by atoms with van der Waals surface area (Å²) >= 11 is 0. The zero-order valence-corrected chi connectivity index (χ0v) is 6.93. The summed E-state index contributed by atoms with van der Waals surface area (Å²) in [6.45, 7) is 4.50. The van der Waals surface area contributed by atoms with E-state index in [2.05, 4.69) is 6.79 Å². The van der Waals surface area contributed by atoms with Crippen LogP contribution in [-0.4, -0.2) is 6.79 Å². The number of carbonyl (C=O) groups excluding carboxylic acids is 1. The first-order chi connectivity index (χ1) is 1.00. The topological polar surface area (TPSA) is 17.1 Å². The number of hydrogen-bond donors (Lipinski definition) is 0. The molecular weight excluding hydrogens is 289 g/mol. The van der Waals surface area contributed by atoms with Crippen molar-refractivity contribution in [3.05, 3.63) is 0 Å². The second-order valence-corrected chi connectivity index (χ2v) is 0. The average Bonchev–Trinajstić information content (AvgIpc) is 1.00. The van der Waals surface area contributed by atoms with Gasteiger partial charge in [0.05, 0.1) is 0 Å². The predicted molar refractivity (Wildman–Crippen MR) is 5.69 cm³/mol. The fourth-order valence-corrected chi connectivity index (χ4v) is 0. The fourth-order valence-electron chi connectivity index (χ4n) is 0. The van der Waals surface area contributed by atoms with Crippen molar-refractivity contribution in [2.24, 2.45) is 0 Å². The summed E-state index contributed by atoms with van der Waals surface area (Å²) in [5.74, 6) is 0. The standard InChI is InChI=1S/CO.2BrH.Ru/c1-2;;;/h;2*1H;/q;;;+2/p-2. The monoisotopic (exact) mass is 288 g/mol. The zero-order chi connectivity index (χ0) is 2.00. The van der Waals surface area contributed by atoms with Gasteiger partial charge in [0, 0.05) is 0 Å². The number of hydrogen-bond acceptors (Lipinski definition) is 1. The van der Waals surface area contributed by atoms with Crippen molar-refractivity contribution in [1.29, 1.82) is 0 Å². The molecule has 0 aliphatic heterocycles. The van der Waals surface area contributed by atoms with Crippen molar-refractivity contribution in [3.63, 3.8) is 0 Å². The van der Waals surface area contributed by atoms with Gasteiger partial charge < -0.3 is 34.0 Å². The van der Waals surface area contributed by atoms with E-state index in [4.69, 9.17) is 4.79 Å². The maximum Gasteiger partial charge on any atom is 2.00 e. The van der Waals surface area contributed by atoms with Crippen molar-refractivity contribution in [3.8, 4) is 0 Å². The summed E-state index contributed by atoms with van der Waals surface area (Å²) < 4.78 is 0. The summed E-state index contributed by atoms with van der Waals surface area (Å²) in [7, 11) is 0. The molecule has 0 aromatic rings. The van der Waals surface area contributed by atoms with Crippen LogP contribution in [0.15, 0.2) is 0 Å². The van der Waals surface area contributed by atoms with Crippen LogP contribution in [0.4, 0.5) is 0 Å². The van der Waals surface area contributed by atoms with E-state index in [-0.39, 0.29) is 53.4 Å². The Hall–Kier alpha value is 1.25. The number of rotatable bonds is 0. The molecule has 0 aromatic carbocycles. The molecule has 0 bridgehead atoms. The molecule has 0 aliphatic carbocycles. The van der Waals surface area contributed by atoms with Gasteiger partial charge in [-0.25, -0.2) is 0 Å². The van der Waals surface area contributed by atoms with Crippen LogP contribution in [0.5, 0.6) is 0 Å². The second kappa shape index (κ2) is 60.5. The molecule has 1 nitrogen and oxygen atoms in total. The Bertz CT molecular complexity index is 9.61. The molecule has 0 spiro atoms. The van der Waals surface area contributed by atoms with E-state index in [1.54, 1.807) is 0 Å². The van der Waals surface area contributed by atoms with Crippen molar-refractivity contribution < 1.29 is 58.2 Å². The van der Waals surface area contributed by atoms with Gasteiger partial charge in [0.25, 0.3) is 6.79 Å². The minimum Gasteiger partial charge on any atom is -1.00 e. The van der Waals surface area contributed by atoms with Crippen LogP contribution in [0.2, 0.25) is 0 Å². The number of halogens is 2. The van der Waals surface area contributed by atoms with E-state index in [9.17, 15) is 0 Å². The van der Waals surface area contributed by atoms with Crippen LogP contribution < -0.4 is 34.0 Å². The maximum absolute atomic E-state index is 7.50. The molecule has 0 aromatic heterocycles. The molecule has 0 heterocycles. The fraction of sp³-hybridized carbons (Fsp3) is 0. The molecule has 0 fully saturated rings. The predicted octanol–water partition coefficient (Wildman–Crippen LogP) is -6.39. The Morgan fingerprint density at radius 3 is 1.00 bits per heavy atom. The van der Waals surface area contributed by atoms with Crippen LogP contribution in [0.1, 0.15) is 0 Å². The molecule has 0 amide bonds. The molecule has 0 rings (SSSR count). The van der Waals surface area contributed by atoms with Gasteiger partial charge in [-0.3, -0.25) is 4.79 Å². The van der Waals surface area contributed by atoms with E-state index in [1.165, 1.54) is 0 Å². The van der Waals surface area contributed by atoms with E-state index >= 15 is 0 Å². The second-order valence-electron chi connectivity index (χ2n) is 0. The quantitative estimate of drug-likeness (QED) is 0.405. The van der Waals surface area contributed by atoms with Crippen molar-refractivity contribution in [2.45, 2.75) is 0 Å². The van der Waals surface area contributed by atoms with Gasteiger partial charge in [-0.2, -0.15) is 0 Å². The van der Waals surface area contributed by atoms with Crippen LogP contribution in [-0.2, 0) is 24.3 Å². The summed E-state index contributed by atoms with van der Waals surface area (Å²) in [5.41, 5.74) is 0. The van der Waals surface area contributed by atoms with Gasteiger partial charge in [-0.15, -0.1) is 0 Å². The molecule has 32 valence electrons. The van der Waals surface area contributed by atoms with Crippen LogP contribution >= 0.6 is 0 Å². The molecule has 0 unspecified atom stereocenters. The SMILES string of the molecule is [Br-].[Br-].[C]=O.[Ru+2]. The molecule has 0 saturated heterocycles. The first-order valence-electron chi connectivity index (χ1n) is 0.204. The molecule has 0 saturated carbocycles. The van der Waals surface area contributed by atoms with Crippen molar-refractivity contribution in [1.82, 2.24) is 0 Å². The minimum absolute atomic E-state index is 0. The van der Waals surface area contributed by atoms with Gasteiger partial charge >= 0.3 is 19.5 Å². The largest absolute Gasteiger partial charge is 2.00 e. The third-order valence-electron chi connectivity index (χ3n) is 0. The molecule has 0 N–H and O–H groups in total. The Kier molecular flexibility index (Phi) is 411. The molecule has 2 radical (unpaired) electrons. The Morgan fingerprint density at radius 2 is 1.00 bits per heavy atom. The third kappa shape index (κ3) is 35.4. The smallest absolute Gasteiger partial charge is 1.00 e. The first-order valence-corrected chi connectivity index (χ1v) is 0.204. The molecular formula is CBr2ORu. The third-order valence-corrected chi connectivity index (χ3v) is 0. The van der Waals surface area contributed by atoms with E-state index < -0.39 is 0 Å². The molecule has 0 aliphatic rings. The van der Waals surface area contributed by atoms with Crippen molar-refractivity contribution in [2.75, 3.05) is 0 Å². The van der Waals surface area contributed by atoms with E-state index in [1.807, 2.05) is 0 Å². The van der Waals surface area contributed by atoms with Gasteiger partial charge in [-0.1, -0.05) is 0 Å². The summed E-state index contributed by atoms with van der Waals surface area (Å²) in [6, 6.07) is 0. The molecule has 5 heavy (non-hydrogen) atoms. The van der Waals surface area contributed by atoms with Gasteiger partial charge in [-0.05, 0) is 0 Å². The normalized spacial score (nSPS) is 0.800. The first kappa shape index (κ1) is 34.0. The van der Waals surface area contributed by atoms with E-state index in [0.717, 1.165) is 0 Å². The minimum atomic E-state index is 0. The molecule has 0 atom stereocenters. The van der Waals surface area contributed by atoms with Gasteiger partial charge in [0.2, 0.25) is 0 Å². The van der Waals surface area contributed by atoms with Gasteiger partial charge in [0.1, 0.15) is 0 Å². The summed E-state index contributed by atoms with van der Waals surface area (Å²) in [4.78, 5) is 7.50. The van der Waals surface area contributed by atoms with Crippen molar-refractivity contribution >= 4 is 6.79 Å². The Morgan fingerprint density at radius 1 is 1.00 bits per heavy atom. The Labute approximate surface area is 64.8 Å². The molecule has 4 heteroatoms. The zero-order valence-electron chi connectivity index (χ0n) is 2.02.